The molecule has 0 spiro atoms. The third kappa shape index (κ3) is 4.45. The molecule has 0 unspecified atom stereocenters. The number of hydrogen-bond acceptors (Lipinski definition) is 3. The van der Waals surface area contributed by atoms with Crippen molar-refractivity contribution in [2.75, 3.05) is 32.7 Å². The molecular weight excluding hydrogens is 319 g/mol. The van der Waals surface area contributed by atoms with Crippen molar-refractivity contribution < 1.29 is 9.18 Å². The van der Waals surface area contributed by atoms with E-state index in [-0.39, 0.29) is 11.7 Å². The summed E-state index contributed by atoms with van der Waals surface area (Å²) in [6.07, 6.45) is 0.894. The molecule has 0 atom stereocenters. The lowest BCUT2D eigenvalue weighted by Gasteiger charge is -2.34. The zero-order valence-electron chi connectivity index (χ0n) is 14.8. The van der Waals surface area contributed by atoms with E-state index in [9.17, 15) is 9.18 Å². The van der Waals surface area contributed by atoms with Gasteiger partial charge in [-0.25, -0.2) is 4.39 Å². The van der Waals surface area contributed by atoms with Crippen molar-refractivity contribution in [3.8, 4) is 0 Å². The SMILES string of the molecule is CC(C)c1cc(C(=O)N2CCN(CCc3ccc(F)cc3)CC2)n[nH]1. The highest BCUT2D eigenvalue weighted by molar-refractivity contribution is 5.92. The van der Waals surface area contributed by atoms with Crippen LogP contribution in [0, 0.1) is 5.82 Å². The van der Waals surface area contributed by atoms with Crippen molar-refractivity contribution in [2.45, 2.75) is 26.2 Å². The van der Waals surface area contributed by atoms with E-state index in [0.29, 0.717) is 24.7 Å². The molecule has 1 aliphatic heterocycles. The number of nitrogens with zero attached hydrogens (tertiary/aromatic N) is 3. The first kappa shape index (κ1) is 17.6. The second-order valence-electron chi connectivity index (χ2n) is 6.87. The number of aromatic amines is 1. The van der Waals surface area contributed by atoms with Crippen LogP contribution in [0.5, 0.6) is 0 Å². The first-order valence-corrected chi connectivity index (χ1v) is 8.84. The molecule has 1 N–H and O–H groups in total. The first-order chi connectivity index (χ1) is 12.0. The number of amides is 1. The predicted molar refractivity (Wildman–Crippen MR) is 95.1 cm³/mol. The number of carbonyl (C=O) groups excluding carboxylic acids is 1. The minimum absolute atomic E-state index is 0.00124. The molecule has 1 aromatic heterocycles. The van der Waals surface area contributed by atoms with Crippen molar-refractivity contribution in [1.29, 1.82) is 0 Å². The van der Waals surface area contributed by atoms with Crippen molar-refractivity contribution in [3.63, 3.8) is 0 Å². The second kappa shape index (κ2) is 7.78. The number of H-pyrrole nitrogens is 1. The van der Waals surface area contributed by atoms with Gasteiger partial charge in [-0.1, -0.05) is 26.0 Å². The van der Waals surface area contributed by atoms with Crippen LogP contribution in [0.15, 0.2) is 30.3 Å². The molecule has 1 amide bonds. The zero-order valence-corrected chi connectivity index (χ0v) is 14.8. The molecule has 0 bridgehead atoms. The van der Waals surface area contributed by atoms with Gasteiger partial charge in [0.2, 0.25) is 0 Å². The molecule has 25 heavy (non-hydrogen) atoms. The minimum Gasteiger partial charge on any atom is -0.335 e. The van der Waals surface area contributed by atoms with E-state index in [2.05, 4.69) is 28.9 Å². The van der Waals surface area contributed by atoms with Crippen molar-refractivity contribution >= 4 is 5.91 Å². The molecule has 0 radical (unpaired) electrons. The van der Waals surface area contributed by atoms with Gasteiger partial charge in [0.1, 0.15) is 11.5 Å². The van der Waals surface area contributed by atoms with E-state index in [1.165, 1.54) is 12.1 Å². The largest absolute Gasteiger partial charge is 0.335 e. The highest BCUT2D eigenvalue weighted by atomic mass is 19.1. The van der Waals surface area contributed by atoms with Gasteiger partial charge < -0.3 is 4.90 Å². The van der Waals surface area contributed by atoms with Gasteiger partial charge in [-0.15, -0.1) is 0 Å². The lowest BCUT2D eigenvalue weighted by molar-refractivity contribution is 0.0632. The number of benzene rings is 1. The molecule has 1 saturated heterocycles. The molecule has 134 valence electrons. The van der Waals surface area contributed by atoms with E-state index >= 15 is 0 Å². The van der Waals surface area contributed by atoms with Gasteiger partial charge in [0.25, 0.3) is 5.91 Å². The van der Waals surface area contributed by atoms with Gasteiger partial charge in [-0.05, 0) is 36.1 Å². The summed E-state index contributed by atoms with van der Waals surface area (Å²) in [7, 11) is 0. The Morgan fingerprint density at radius 3 is 2.48 bits per heavy atom. The lowest BCUT2D eigenvalue weighted by Crippen LogP contribution is -2.49. The third-order valence-corrected chi connectivity index (χ3v) is 4.73. The van der Waals surface area contributed by atoms with Crippen LogP contribution in [0.2, 0.25) is 0 Å². The van der Waals surface area contributed by atoms with Crippen LogP contribution in [0.1, 0.15) is 41.5 Å². The monoisotopic (exact) mass is 344 g/mol. The number of aromatic nitrogens is 2. The highest BCUT2D eigenvalue weighted by Crippen LogP contribution is 2.14. The van der Waals surface area contributed by atoms with Gasteiger partial charge in [0.05, 0.1) is 0 Å². The van der Waals surface area contributed by atoms with E-state index in [0.717, 1.165) is 37.3 Å². The topological polar surface area (TPSA) is 52.2 Å². The highest BCUT2D eigenvalue weighted by Gasteiger charge is 2.24. The number of hydrogen-bond donors (Lipinski definition) is 1. The maximum atomic E-state index is 12.9. The summed E-state index contributed by atoms with van der Waals surface area (Å²) < 4.78 is 12.9. The van der Waals surface area contributed by atoms with Crippen LogP contribution >= 0.6 is 0 Å². The molecule has 1 aliphatic rings. The van der Waals surface area contributed by atoms with Crippen molar-refractivity contribution in [2.24, 2.45) is 0 Å². The molecule has 2 aromatic rings. The second-order valence-corrected chi connectivity index (χ2v) is 6.87. The van der Waals surface area contributed by atoms with E-state index in [1.807, 2.05) is 23.1 Å². The average molecular weight is 344 g/mol. The Morgan fingerprint density at radius 2 is 1.88 bits per heavy atom. The number of rotatable bonds is 5. The molecule has 1 fully saturated rings. The van der Waals surface area contributed by atoms with E-state index < -0.39 is 0 Å². The Balaban J connectivity index is 1.47. The summed E-state index contributed by atoms with van der Waals surface area (Å²) in [4.78, 5) is 16.8. The molecule has 2 heterocycles. The minimum atomic E-state index is -0.199. The number of nitrogens with one attached hydrogen (secondary N) is 1. The van der Waals surface area contributed by atoms with E-state index in [4.69, 9.17) is 0 Å². The van der Waals surface area contributed by atoms with Crippen LogP contribution < -0.4 is 0 Å². The van der Waals surface area contributed by atoms with Gasteiger partial charge in [0, 0.05) is 38.4 Å². The molecule has 5 nitrogen and oxygen atoms in total. The fourth-order valence-corrected chi connectivity index (χ4v) is 3.02. The smallest absolute Gasteiger partial charge is 0.274 e. The average Bonchev–Trinajstić information content (AvgIpc) is 3.11. The first-order valence-electron chi connectivity index (χ1n) is 8.84. The van der Waals surface area contributed by atoms with Gasteiger partial charge in [-0.2, -0.15) is 5.10 Å². The Labute approximate surface area is 147 Å². The molecule has 3 rings (SSSR count). The Morgan fingerprint density at radius 1 is 1.20 bits per heavy atom. The lowest BCUT2D eigenvalue weighted by atomic mass is 10.1. The van der Waals surface area contributed by atoms with Crippen LogP contribution in [0.3, 0.4) is 0 Å². The van der Waals surface area contributed by atoms with Crippen LogP contribution in [0.4, 0.5) is 4.39 Å². The van der Waals surface area contributed by atoms with E-state index in [1.54, 1.807) is 0 Å². The summed E-state index contributed by atoms with van der Waals surface area (Å²) in [6.45, 7) is 8.21. The molecule has 1 aromatic carbocycles. The Kier molecular flexibility index (Phi) is 5.48. The van der Waals surface area contributed by atoms with Gasteiger partial charge in [-0.3, -0.25) is 14.8 Å². The van der Waals surface area contributed by atoms with Crippen molar-refractivity contribution in [1.82, 2.24) is 20.0 Å². The molecule has 0 aliphatic carbocycles. The van der Waals surface area contributed by atoms with Gasteiger partial charge >= 0.3 is 0 Å². The zero-order chi connectivity index (χ0) is 17.8. The molecule has 6 heteroatoms. The van der Waals surface area contributed by atoms with Crippen molar-refractivity contribution in [3.05, 3.63) is 53.1 Å². The maximum Gasteiger partial charge on any atom is 0.274 e. The quantitative estimate of drug-likeness (QED) is 0.907. The summed E-state index contributed by atoms with van der Waals surface area (Å²) >= 11 is 0. The fourth-order valence-electron chi connectivity index (χ4n) is 3.02. The van der Waals surface area contributed by atoms with Crippen LogP contribution in [-0.4, -0.2) is 58.6 Å². The molecule has 0 saturated carbocycles. The predicted octanol–water partition coefficient (Wildman–Crippen LogP) is 2.67. The summed E-state index contributed by atoms with van der Waals surface area (Å²) in [6, 6.07) is 8.52. The summed E-state index contributed by atoms with van der Waals surface area (Å²) in [5.41, 5.74) is 2.63. The third-order valence-electron chi connectivity index (χ3n) is 4.73. The number of carbonyl (C=O) groups is 1. The number of piperazine rings is 1. The standard InChI is InChI=1S/C19H25FN4O/c1-14(2)17-13-18(22-21-17)19(25)24-11-9-23(10-12-24)8-7-15-3-5-16(20)6-4-15/h3-6,13-14H,7-12H2,1-2H3,(H,21,22). The van der Waals surface area contributed by atoms with Crippen LogP contribution in [-0.2, 0) is 6.42 Å². The maximum absolute atomic E-state index is 12.9. The Bertz CT molecular complexity index is 702. The Hall–Kier alpha value is -2.21. The summed E-state index contributed by atoms with van der Waals surface area (Å²) in [5.74, 6) is 0.133. The fraction of sp³-hybridized carbons (Fsp3) is 0.474. The molecular formula is C19H25FN4O. The van der Waals surface area contributed by atoms with Gasteiger partial charge in [0.15, 0.2) is 0 Å². The summed E-state index contributed by atoms with van der Waals surface area (Å²) in [5, 5.41) is 7.10. The number of halogens is 1. The van der Waals surface area contributed by atoms with Crippen LogP contribution in [0.25, 0.3) is 0 Å². The normalized spacial score (nSPS) is 15.8.